The summed E-state index contributed by atoms with van der Waals surface area (Å²) in [5, 5.41) is 5.72. The second-order valence-electron chi connectivity index (χ2n) is 6.57. The molecule has 0 bridgehead atoms. The number of rotatable bonds is 7. The molecule has 0 atom stereocenters. The number of likely N-dealkylation sites (tertiary alicyclic amines) is 1. The highest BCUT2D eigenvalue weighted by Crippen LogP contribution is 2.25. The van der Waals surface area contributed by atoms with Crippen LogP contribution in [0.15, 0.2) is 52.0 Å². The first kappa shape index (κ1) is 19.5. The normalized spacial score (nSPS) is 15.4. The van der Waals surface area contributed by atoms with Crippen molar-refractivity contribution in [3.63, 3.8) is 0 Å². The first-order valence-corrected chi connectivity index (χ1v) is 10.1. The molecular formula is C20H25N3O3S. The van der Waals surface area contributed by atoms with E-state index in [1.807, 2.05) is 24.3 Å². The van der Waals surface area contributed by atoms with Gasteiger partial charge in [0.2, 0.25) is 5.91 Å². The van der Waals surface area contributed by atoms with Crippen molar-refractivity contribution in [1.29, 1.82) is 0 Å². The van der Waals surface area contributed by atoms with Crippen LogP contribution in [0.4, 0.5) is 0 Å². The number of benzene rings is 1. The number of hydrogen-bond acceptors (Lipinski definition) is 5. The van der Waals surface area contributed by atoms with Crippen molar-refractivity contribution in [3.8, 4) is 0 Å². The Kier molecular flexibility index (Phi) is 6.95. The maximum Gasteiger partial charge on any atom is 0.287 e. The van der Waals surface area contributed by atoms with Gasteiger partial charge in [-0.1, -0.05) is 18.2 Å². The molecule has 0 spiro atoms. The van der Waals surface area contributed by atoms with Crippen LogP contribution in [0.5, 0.6) is 0 Å². The van der Waals surface area contributed by atoms with Gasteiger partial charge in [-0.2, -0.15) is 0 Å². The largest absolute Gasteiger partial charge is 0.459 e. The molecule has 1 saturated heterocycles. The smallest absolute Gasteiger partial charge is 0.287 e. The third-order valence-electron chi connectivity index (χ3n) is 4.66. The number of hydrogen-bond donors (Lipinski definition) is 2. The Bertz CT molecular complexity index is 755. The summed E-state index contributed by atoms with van der Waals surface area (Å²) < 4.78 is 5.46. The summed E-state index contributed by atoms with van der Waals surface area (Å²) in [6, 6.07) is 12.1. The maximum atomic E-state index is 12.6. The van der Waals surface area contributed by atoms with Crippen LogP contribution in [0.3, 0.4) is 0 Å². The highest BCUT2D eigenvalue weighted by molar-refractivity contribution is 7.98. The molecule has 2 amide bonds. The van der Waals surface area contributed by atoms with E-state index >= 15 is 0 Å². The average Bonchev–Trinajstić information content (AvgIpc) is 3.17. The van der Waals surface area contributed by atoms with Gasteiger partial charge in [-0.05, 0) is 31.0 Å². The van der Waals surface area contributed by atoms with Gasteiger partial charge in [0, 0.05) is 42.4 Å². The minimum Gasteiger partial charge on any atom is -0.459 e. The predicted molar refractivity (Wildman–Crippen MR) is 106 cm³/mol. The van der Waals surface area contributed by atoms with Crippen molar-refractivity contribution in [1.82, 2.24) is 15.5 Å². The molecular weight excluding hydrogens is 362 g/mol. The van der Waals surface area contributed by atoms with Crippen LogP contribution in [0.1, 0.15) is 29.0 Å². The number of amides is 2. The molecule has 1 aromatic heterocycles. The van der Waals surface area contributed by atoms with Gasteiger partial charge in [-0.15, -0.1) is 11.8 Å². The zero-order valence-corrected chi connectivity index (χ0v) is 16.3. The second-order valence-corrected chi connectivity index (χ2v) is 7.62. The SMILES string of the molecule is CNC(=O)CN1CCC(NC(=O)c2occc2CSc2ccccc2)CC1. The summed E-state index contributed by atoms with van der Waals surface area (Å²) in [5.74, 6) is 0.946. The van der Waals surface area contributed by atoms with Crippen LogP contribution in [-0.2, 0) is 10.5 Å². The highest BCUT2D eigenvalue weighted by Gasteiger charge is 2.24. The standard InChI is InChI=1S/C20H25N3O3S/c1-21-18(24)13-23-10-7-16(8-11-23)22-20(25)19-15(9-12-26-19)14-27-17-5-3-2-4-6-17/h2-6,9,12,16H,7-8,10-11,13-14H2,1H3,(H,21,24)(H,22,25). The van der Waals surface area contributed by atoms with Gasteiger partial charge in [0.25, 0.3) is 5.91 Å². The fourth-order valence-electron chi connectivity index (χ4n) is 3.09. The van der Waals surface area contributed by atoms with E-state index in [9.17, 15) is 9.59 Å². The fraction of sp³-hybridized carbons (Fsp3) is 0.400. The van der Waals surface area contributed by atoms with Gasteiger partial charge < -0.3 is 15.1 Å². The molecule has 1 aliphatic rings. The summed E-state index contributed by atoms with van der Waals surface area (Å²) in [4.78, 5) is 27.3. The first-order chi connectivity index (χ1) is 13.2. The van der Waals surface area contributed by atoms with Crippen molar-refractivity contribution >= 4 is 23.6 Å². The van der Waals surface area contributed by atoms with E-state index in [2.05, 4.69) is 27.7 Å². The van der Waals surface area contributed by atoms with Gasteiger partial charge in [0.15, 0.2) is 5.76 Å². The monoisotopic (exact) mass is 387 g/mol. The fourth-order valence-corrected chi connectivity index (χ4v) is 3.99. The minimum atomic E-state index is -0.159. The zero-order valence-electron chi connectivity index (χ0n) is 15.4. The number of piperidine rings is 1. The summed E-state index contributed by atoms with van der Waals surface area (Å²) in [7, 11) is 1.65. The van der Waals surface area contributed by atoms with Crippen LogP contribution in [0, 0.1) is 0 Å². The Morgan fingerprint density at radius 2 is 1.93 bits per heavy atom. The van der Waals surface area contributed by atoms with E-state index in [0.29, 0.717) is 18.1 Å². The molecule has 0 saturated carbocycles. The Morgan fingerprint density at radius 3 is 2.63 bits per heavy atom. The van der Waals surface area contributed by atoms with E-state index < -0.39 is 0 Å². The molecule has 6 nitrogen and oxygen atoms in total. The molecule has 2 heterocycles. The quantitative estimate of drug-likeness (QED) is 0.714. The van der Waals surface area contributed by atoms with Crippen LogP contribution in [0.25, 0.3) is 0 Å². The Labute approximate surface area is 163 Å². The van der Waals surface area contributed by atoms with Crippen molar-refractivity contribution in [2.24, 2.45) is 0 Å². The van der Waals surface area contributed by atoms with Gasteiger partial charge in [-0.3, -0.25) is 14.5 Å². The summed E-state index contributed by atoms with van der Waals surface area (Å²) >= 11 is 1.68. The molecule has 1 fully saturated rings. The van der Waals surface area contributed by atoms with Crippen molar-refractivity contribution in [3.05, 3.63) is 54.0 Å². The number of likely N-dealkylation sites (N-methyl/N-ethyl adjacent to an activating group) is 1. The lowest BCUT2D eigenvalue weighted by atomic mass is 10.0. The van der Waals surface area contributed by atoms with Crippen molar-refractivity contribution in [2.75, 3.05) is 26.7 Å². The molecule has 2 aromatic rings. The lowest BCUT2D eigenvalue weighted by Gasteiger charge is -2.31. The molecule has 27 heavy (non-hydrogen) atoms. The van der Waals surface area contributed by atoms with E-state index in [-0.39, 0.29) is 17.9 Å². The topological polar surface area (TPSA) is 74.6 Å². The minimum absolute atomic E-state index is 0.0219. The van der Waals surface area contributed by atoms with Gasteiger partial charge in [0.1, 0.15) is 0 Å². The molecule has 1 aliphatic heterocycles. The van der Waals surface area contributed by atoms with E-state index in [4.69, 9.17) is 4.42 Å². The summed E-state index contributed by atoms with van der Waals surface area (Å²) in [5.41, 5.74) is 0.901. The highest BCUT2D eigenvalue weighted by atomic mass is 32.2. The van der Waals surface area contributed by atoms with Gasteiger partial charge >= 0.3 is 0 Å². The van der Waals surface area contributed by atoms with E-state index in [1.54, 1.807) is 25.1 Å². The number of carbonyl (C=O) groups is 2. The molecule has 0 radical (unpaired) electrons. The van der Waals surface area contributed by atoms with Gasteiger partial charge in [0.05, 0.1) is 12.8 Å². The summed E-state index contributed by atoms with van der Waals surface area (Å²) in [6.45, 7) is 2.01. The van der Waals surface area contributed by atoms with Crippen LogP contribution in [-0.4, -0.2) is 49.4 Å². The average molecular weight is 388 g/mol. The van der Waals surface area contributed by atoms with Crippen LogP contribution >= 0.6 is 11.8 Å². The van der Waals surface area contributed by atoms with Crippen LogP contribution in [0.2, 0.25) is 0 Å². The van der Waals surface area contributed by atoms with Crippen molar-refractivity contribution < 1.29 is 14.0 Å². The lowest BCUT2D eigenvalue weighted by Crippen LogP contribution is -2.47. The molecule has 0 aliphatic carbocycles. The number of thioether (sulfide) groups is 1. The van der Waals surface area contributed by atoms with Crippen molar-refractivity contribution in [2.45, 2.75) is 29.5 Å². The molecule has 2 N–H and O–H groups in total. The third kappa shape index (κ3) is 5.61. The predicted octanol–water partition coefficient (Wildman–Crippen LogP) is 2.51. The molecule has 3 rings (SSSR count). The molecule has 1 aromatic carbocycles. The Morgan fingerprint density at radius 1 is 1.19 bits per heavy atom. The molecule has 0 unspecified atom stereocenters. The van der Waals surface area contributed by atoms with Gasteiger partial charge in [-0.25, -0.2) is 0 Å². The Hall–Kier alpha value is -2.25. The van der Waals surface area contributed by atoms with E-state index in [0.717, 1.165) is 36.4 Å². The van der Waals surface area contributed by atoms with E-state index in [1.165, 1.54) is 0 Å². The number of nitrogens with one attached hydrogen (secondary N) is 2. The van der Waals surface area contributed by atoms with Crippen LogP contribution < -0.4 is 10.6 Å². The summed E-state index contributed by atoms with van der Waals surface area (Å²) in [6.07, 6.45) is 3.23. The number of furan rings is 1. The third-order valence-corrected chi connectivity index (χ3v) is 5.72. The second kappa shape index (κ2) is 9.62. The Balaban J connectivity index is 1.49. The number of nitrogens with zero attached hydrogens (tertiary/aromatic N) is 1. The number of carbonyl (C=O) groups excluding carboxylic acids is 2. The maximum absolute atomic E-state index is 12.6. The molecule has 7 heteroatoms. The lowest BCUT2D eigenvalue weighted by molar-refractivity contribution is -0.122. The molecule has 144 valence electrons. The zero-order chi connectivity index (χ0) is 19.1. The first-order valence-electron chi connectivity index (χ1n) is 9.13.